The van der Waals surface area contributed by atoms with E-state index in [0.717, 1.165) is 11.1 Å². The molecule has 0 bridgehead atoms. The minimum Gasteiger partial charge on any atom is -0.465 e. The van der Waals surface area contributed by atoms with Gasteiger partial charge in [0, 0.05) is 16.8 Å². The number of nitrogens with two attached hydrogens (primary N) is 1. The first-order chi connectivity index (χ1) is 10.2. The fraction of sp³-hybridized carbons (Fsp3) is 0.176. The summed E-state index contributed by atoms with van der Waals surface area (Å²) in [6.45, 7) is 2.10. The van der Waals surface area contributed by atoms with Crippen molar-refractivity contribution in [1.29, 1.82) is 0 Å². The third-order valence-corrected chi connectivity index (χ3v) is 2.93. The predicted octanol–water partition coefficient (Wildman–Crippen LogP) is 2.67. The molecule has 0 radical (unpaired) electrons. The zero-order valence-corrected chi connectivity index (χ0v) is 12.0. The fourth-order valence-electron chi connectivity index (χ4n) is 1.99. The van der Waals surface area contributed by atoms with Crippen LogP contribution >= 0.6 is 0 Å². The number of anilines is 1. The summed E-state index contributed by atoms with van der Waals surface area (Å²) in [5.74, 6) is -0.347. The molecule has 2 rings (SSSR count). The number of nitrogen functional groups attached to an aromatic ring is 1. The van der Waals surface area contributed by atoms with Gasteiger partial charge in [0.25, 0.3) is 0 Å². The molecule has 2 N–H and O–H groups in total. The van der Waals surface area contributed by atoms with Crippen molar-refractivity contribution in [2.24, 2.45) is 4.99 Å². The molecule has 0 unspecified atom stereocenters. The molecule has 2 aromatic rings. The largest absolute Gasteiger partial charge is 0.465 e. The quantitative estimate of drug-likeness (QED) is 0.521. The molecular weight excluding hydrogens is 264 g/mol. The van der Waals surface area contributed by atoms with Crippen LogP contribution in [0.2, 0.25) is 0 Å². The summed E-state index contributed by atoms with van der Waals surface area (Å²) in [5.41, 5.74) is 9.08. The van der Waals surface area contributed by atoms with Crippen molar-refractivity contribution in [2.45, 2.75) is 6.92 Å². The number of nitrogens with zero attached hydrogens (tertiary/aromatic N) is 1. The minimum atomic E-state index is -0.347. The van der Waals surface area contributed by atoms with E-state index in [4.69, 9.17) is 10.5 Å². The second-order valence-corrected chi connectivity index (χ2v) is 4.42. The molecule has 0 aliphatic rings. The van der Waals surface area contributed by atoms with E-state index in [1.165, 1.54) is 0 Å². The van der Waals surface area contributed by atoms with E-state index in [2.05, 4.69) is 4.99 Å². The number of para-hydroxylation sites is 1. The maximum atomic E-state index is 11.5. The molecule has 0 aliphatic heterocycles. The molecule has 0 saturated carbocycles. The fourth-order valence-corrected chi connectivity index (χ4v) is 1.99. The number of benzene rings is 2. The number of carbonyl (C=O) groups excluding carboxylic acids is 1. The van der Waals surface area contributed by atoms with Crippen LogP contribution in [0, 0.1) is 0 Å². The predicted molar refractivity (Wildman–Crippen MR) is 84.4 cm³/mol. The van der Waals surface area contributed by atoms with Gasteiger partial charge in [0.05, 0.1) is 12.3 Å². The summed E-state index contributed by atoms with van der Waals surface area (Å²) in [6.07, 6.45) is 0. The zero-order valence-electron chi connectivity index (χ0n) is 12.0. The summed E-state index contributed by atoms with van der Waals surface area (Å²) < 4.78 is 4.92. The Morgan fingerprint density at radius 1 is 1.10 bits per heavy atom. The molecule has 0 atom stereocenters. The molecule has 0 aromatic heterocycles. The standard InChI is InChI=1S/C17H18N2O2/c1-2-21-16(20)12-19-17(13-8-4-3-5-9-13)14-10-6-7-11-15(14)18/h3-11H,2,12,18H2,1H3. The normalized spacial score (nSPS) is 11.2. The van der Waals surface area contributed by atoms with Crippen molar-refractivity contribution in [3.05, 3.63) is 65.7 Å². The second-order valence-electron chi connectivity index (χ2n) is 4.42. The topological polar surface area (TPSA) is 64.7 Å². The molecule has 21 heavy (non-hydrogen) atoms. The minimum absolute atomic E-state index is 0.0214. The summed E-state index contributed by atoms with van der Waals surface area (Å²) in [6, 6.07) is 17.1. The Balaban J connectivity index is 2.38. The molecule has 0 amide bonds. The van der Waals surface area contributed by atoms with Crippen LogP contribution in [0.15, 0.2) is 59.6 Å². The molecule has 108 valence electrons. The Labute approximate surface area is 124 Å². The number of rotatable bonds is 5. The van der Waals surface area contributed by atoms with Gasteiger partial charge in [-0.1, -0.05) is 48.5 Å². The van der Waals surface area contributed by atoms with Gasteiger partial charge in [-0.05, 0) is 13.0 Å². The van der Waals surface area contributed by atoms with Gasteiger partial charge in [0.2, 0.25) is 0 Å². The monoisotopic (exact) mass is 282 g/mol. The molecule has 4 heteroatoms. The Hall–Kier alpha value is -2.62. The molecule has 0 saturated heterocycles. The van der Waals surface area contributed by atoms with E-state index in [0.29, 0.717) is 18.0 Å². The maximum Gasteiger partial charge on any atom is 0.327 e. The van der Waals surface area contributed by atoms with Crippen molar-refractivity contribution >= 4 is 17.4 Å². The van der Waals surface area contributed by atoms with Crippen LogP contribution in [0.4, 0.5) is 5.69 Å². The third-order valence-electron chi connectivity index (χ3n) is 2.93. The number of carbonyl (C=O) groups is 1. The van der Waals surface area contributed by atoms with Crippen molar-refractivity contribution in [1.82, 2.24) is 0 Å². The molecule has 0 aliphatic carbocycles. The lowest BCUT2D eigenvalue weighted by molar-refractivity contribution is -0.141. The van der Waals surface area contributed by atoms with Gasteiger partial charge in [-0.2, -0.15) is 0 Å². The molecule has 0 fully saturated rings. The molecule has 2 aromatic carbocycles. The summed E-state index contributed by atoms with van der Waals surface area (Å²) in [5, 5.41) is 0. The highest BCUT2D eigenvalue weighted by Crippen LogP contribution is 2.17. The van der Waals surface area contributed by atoms with Crippen LogP contribution < -0.4 is 5.73 Å². The van der Waals surface area contributed by atoms with Gasteiger partial charge >= 0.3 is 5.97 Å². The lowest BCUT2D eigenvalue weighted by atomic mass is 10.0. The van der Waals surface area contributed by atoms with E-state index in [9.17, 15) is 4.79 Å². The van der Waals surface area contributed by atoms with Crippen LogP contribution in [0.3, 0.4) is 0 Å². The average molecular weight is 282 g/mol. The molecular formula is C17H18N2O2. The van der Waals surface area contributed by atoms with E-state index in [1.807, 2.05) is 54.6 Å². The molecule has 0 spiro atoms. The molecule has 0 heterocycles. The number of ether oxygens (including phenoxy) is 1. The van der Waals surface area contributed by atoms with Crippen LogP contribution in [-0.4, -0.2) is 24.8 Å². The van der Waals surface area contributed by atoms with Gasteiger partial charge < -0.3 is 10.5 Å². The Bertz CT molecular complexity index is 636. The van der Waals surface area contributed by atoms with Crippen molar-refractivity contribution in [3.63, 3.8) is 0 Å². The SMILES string of the molecule is CCOC(=O)CN=C(c1ccccc1)c1ccccc1N. The van der Waals surface area contributed by atoms with E-state index in [1.54, 1.807) is 6.92 Å². The summed E-state index contributed by atoms with van der Waals surface area (Å²) in [4.78, 5) is 15.9. The maximum absolute atomic E-state index is 11.5. The van der Waals surface area contributed by atoms with Crippen LogP contribution in [-0.2, 0) is 9.53 Å². The Kier molecular flexibility index (Phi) is 5.10. The molecule has 4 nitrogen and oxygen atoms in total. The smallest absolute Gasteiger partial charge is 0.327 e. The first kappa shape index (κ1) is 14.8. The number of aliphatic imine (C=N–C) groups is 1. The van der Waals surface area contributed by atoms with Crippen molar-refractivity contribution in [3.8, 4) is 0 Å². The lowest BCUT2D eigenvalue weighted by Gasteiger charge is -2.10. The van der Waals surface area contributed by atoms with Gasteiger partial charge in [0.15, 0.2) is 0 Å². The van der Waals surface area contributed by atoms with Gasteiger partial charge in [0.1, 0.15) is 6.54 Å². The van der Waals surface area contributed by atoms with Gasteiger partial charge in [-0.25, -0.2) is 0 Å². The van der Waals surface area contributed by atoms with Crippen LogP contribution in [0.25, 0.3) is 0 Å². The first-order valence-electron chi connectivity index (χ1n) is 6.82. The van der Waals surface area contributed by atoms with E-state index in [-0.39, 0.29) is 12.5 Å². The third kappa shape index (κ3) is 3.92. The number of esters is 1. The van der Waals surface area contributed by atoms with Gasteiger partial charge in [-0.15, -0.1) is 0 Å². The van der Waals surface area contributed by atoms with E-state index < -0.39 is 0 Å². The Morgan fingerprint density at radius 3 is 2.43 bits per heavy atom. The van der Waals surface area contributed by atoms with Crippen LogP contribution in [0.1, 0.15) is 18.1 Å². The Morgan fingerprint density at radius 2 is 1.76 bits per heavy atom. The lowest BCUT2D eigenvalue weighted by Crippen LogP contribution is -2.13. The number of hydrogen-bond acceptors (Lipinski definition) is 4. The van der Waals surface area contributed by atoms with Crippen LogP contribution in [0.5, 0.6) is 0 Å². The average Bonchev–Trinajstić information content (AvgIpc) is 2.50. The van der Waals surface area contributed by atoms with E-state index >= 15 is 0 Å². The second kappa shape index (κ2) is 7.24. The summed E-state index contributed by atoms with van der Waals surface area (Å²) >= 11 is 0. The highest BCUT2D eigenvalue weighted by molar-refractivity contribution is 6.16. The highest BCUT2D eigenvalue weighted by Gasteiger charge is 2.10. The number of hydrogen-bond donors (Lipinski definition) is 1. The first-order valence-corrected chi connectivity index (χ1v) is 6.82. The highest BCUT2D eigenvalue weighted by atomic mass is 16.5. The van der Waals surface area contributed by atoms with Crippen molar-refractivity contribution in [2.75, 3.05) is 18.9 Å². The van der Waals surface area contributed by atoms with Crippen molar-refractivity contribution < 1.29 is 9.53 Å². The summed E-state index contributed by atoms with van der Waals surface area (Å²) in [7, 11) is 0. The zero-order chi connectivity index (χ0) is 15.1. The van der Waals surface area contributed by atoms with Gasteiger partial charge in [-0.3, -0.25) is 9.79 Å².